The van der Waals surface area contributed by atoms with E-state index in [2.05, 4.69) is 20.7 Å². The van der Waals surface area contributed by atoms with E-state index in [1.807, 2.05) is 0 Å². The van der Waals surface area contributed by atoms with Crippen LogP contribution in [0.4, 0.5) is 10.1 Å². The van der Waals surface area contributed by atoms with Gasteiger partial charge in [0.25, 0.3) is 10.0 Å². The summed E-state index contributed by atoms with van der Waals surface area (Å²) < 4.78 is 40.3. The van der Waals surface area contributed by atoms with Crippen molar-refractivity contribution in [3.63, 3.8) is 0 Å². The quantitative estimate of drug-likeness (QED) is 0.923. The summed E-state index contributed by atoms with van der Waals surface area (Å²) in [7, 11) is -3.70. The van der Waals surface area contributed by atoms with Crippen LogP contribution in [-0.2, 0) is 10.0 Å². The van der Waals surface area contributed by atoms with Crippen molar-refractivity contribution < 1.29 is 12.8 Å². The van der Waals surface area contributed by atoms with E-state index in [1.165, 1.54) is 18.2 Å². The van der Waals surface area contributed by atoms with Crippen molar-refractivity contribution in [2.45, 2.75) is 11.8 Å². The third-order valence-corrected chi connectivity index (χ3v) is 4.55. The van der Waals surface area contributed by atoms with E-state index in [1.54, 1.807) is 25.1 Å². The van der Waals surface area contributed by atoms with Crippen LogP contribution in [0, 0.1) is 12.7 Å². The molecule has 0 radical (unpaired) electrons. The summed E-state index contributed by atoms with van der Waals surface area (Å²) in [6.45, 7) is 1.70. The average Bonchev–Trinajstić information content (AvgIpc) is 2.37. The Morgan fingerprint density at radius 1 is 1.16 bits per heavy atom. The van der Waals surface area contributed by atoms with Gasteiger partial charge in [0, 0.05) is 0 Å². The molecule has 0 amide bonds. The number of rotatable bonds is 3. The third kappa shape index (κ3) is 3.13. The van der Waals surface area contributed by atoms with Gasteiger partial charge in [0.15, 0.2) is 0 Å². The number of halogens is 2. The lowest BCUT2D eigenvalue weighted by atomic mass is 10.2. The number of sulfonamides is 1. The maximum atomic E-state index is 13.5. The minimum atomic E-state index is -3.70. The van der Waals surface area contributed by atoms with Gasteiger partial charge in [-0.25, -0.2) is 12.8 Å². The molecule has 0 aliphatic carbocycles. The van der Waals surface area contributed by atoms with Gasteiger partial charge in [-0.1, -0.05) is 18.2 Å². The lowest BCUT2D eigenvalue weighted by Gasteiger charge is -2.11. The van der Waals surface area contributed by atoms with Crippen LogP contribution >= 0.6 is 15.9 Å². The van der Waals surface area contributed by atoms with E-state index in [0.717, 1.165) is 6.07 Å². The number of hydrogen-bond acceptors (Lipinski definition) is 2. The molecule has 2 rings (SSSR count). The maximum absolute atomic E-state index is 13.5. The Balaban J connectivity index is 2.39. The SMILES string of the molecule is Cc1cc(Br)c(F)cc1NS(=O)(=O)c1ccccc1. The molecule has 0 fully saturated rings. The maximum Gasteiger partial charge on any atom is 0.261 e. The van der Waals surface area contributed by atoms with E-state index in [-0.39, 0.29) is 10.6 Å². The Morgan fingerprint density at radius 3 is 2.42 bits per heavy atom. The van der Waals surface area contributed by atoms with Crippen molar-refractivity contribution in [1.82, 2.24) is 0 Å². The van der Waals surface area contributed by atoms with Crippen LogP contribution in [0.2, 0.25) is 0 Å². The van der Waals surface area contributed by atoms with E-state index in [9.17, 15) is 12.8 Å². The number of benzene rings is 2. The summed E-state index contributed by atoms with van der Waals surface area (Å²) in [4.78, 5) is 0.137. The summed E-state index contributed by atoms with van der Waals surface area (Å²) in [5, 5.41) is 0. The largest absolute Gasteiger partial charge is 0.279 e. The minimum absolute atomic E-state index is 0.137. The van der Waals surface area contributed by atoms with Crippen LogP contribution < -0.4 is 4.72 Å². The van der Waals surface area contributed by atoms with Crippen molar-refractivity contribution in [3.8, 4) is 0 Å². The zero-order valence-corrected chi connectivity index (χ0v) is 12.4. The molecule has 1 N–H and O–H groups in total. The summed E-state index contributed by atoms with van der Waals surface area (Å²) in [6.07, 6.45) is 0. The Bertz CT molecular complexity index is 702. The molecule has 0 unspecified atom stereocenters. The van der Waals surface area contributed by atoms with Gasteiger partial charge in [0.05, 0.1) is 15.1 Å². The Kier molecular flexibility index (Phi) is 3.91. The van der Waals surface area contributed by atoms with Gasteiger partial charge in [0.1, 0.15) is 5.82 Å². The molecular formula is C13H11BrFNO2S. The monoisotopic (exact) mass is 343 g/mol. The Hall–Kier alpha value is -1.40. The molecule has 0 aromatic heterocycles. The highest BCUT2D eigenvalue weighted by Gasteiger charge is 2.15. The van der Waals surface area contributed by atoms with E-state index < -0.39 is 15.8 Å². The predicted octanol–water partition coefficient (Wildman–Crippen LogP) is 3.70. The van der Waals surface area contributed by atoms with Gasteiger partial charge < -0.3 is 0 Å². The second-order valence-electron chi connectivity index (χ2n) is 4.00. The van der Waals surface area contributed by atoms with Crippen LogP contribution in [0.5, 0.6) is 0 Å². The molecule has 0 spiro atoms. The molecule has 100 valence electrons. The minimum Gasteiger partial charge on any atom is -0.279 e. The molecule has 0 heterocycles. The van der Waals surface area contributed by atoms with Gasteiger partial charge in [-0.2, -0.15) is 0 Å². The molecule has 3 nitrogen and oxygen atoms in total. The van der Waals surface area contributed by atoms with E-state index in [4.69, 9.17) is 0 Å². The molecule has 2 aromatic carbocycles. The van der Waals surface area contributed by atoms with Crippen LogP contribution in [-0.4, -0.2) is 8.42 Å². The highest BCUT2D eigenvalue weighted by Crippen LogP contribution is 2.25. The molecule has 6 heteroatoms. The lowest BCUT2D eigenvalue weighted by Crippen LogP contribution is -2.13. The van der Waals surface area contributed by atoms with Crippen molar-refractivity contribution in [2.75, 3.05) is 4.72 Å². The number of anilines is 1. The first kappa shape index (κ1) is 14.0. The Morgan fingerprint density at radius 2 is 1.79 bits per heavy atom. The third-order valence-electron chi connectivity index (χ3n) is 2.57. The van der Waals surface area contributed by atoms with Crippen LogP contribution in [0.1, 0.15) is 5.56 Å². The topological polar surface area (TPSA) is 46.2 Å². The zero-order chi connectivity index (χ0) is 14.0. The lowest BCUT2D eigenvalue weighted by molar-refractivity contribution is 0.601. The standard InChI is InChI=1S/C13H11BrFNO2S/c1-9-7-11(14)12(15)8-13(9)16-19(17,18)10-5-3-2-4-6-10/h2-8,16H,1H3. The second kappa shape index (κ2) is 5.30. The molecule has 2 aromatic rings. The smallest absolute Gasteiger partial charge is 0.261 e. The first-order valence-electron chi connectivity index (χ1n) is 5.43. The average molecular weight is 344 g/mol. The first-order valence-corrected chi connectivity index (χ1v) is 7.71. The molecule has 0 saturated carbocycles. The molecule has 0 atom stereocenters. The molecule has 0 aliphatic rings. The number of nitrogens with one attached hydrogen (secondary N) is 1. The van der Waals surface area contributed by atoms with Gasteiger partial charge in [-0.15, -0.1) is 0 Å². The Labute approximate surface area is 119 Å². The van der Waals surface area contributed by atoms with Gasteiger partial charge >= 0.3 is 0 Å². The van der Waals surface area contributed by atoms with E-state index >= 15 is 0 Å². The second-order valence-corrected chi connectivity index (χ2v) is 6.54. The summed E-state index contributed by atoms with van der Waals surface area (Å²) >= 11 is 3.05. The highest BCUT2D eigenvalue weighted by atomic mass is 79.9. The van der Waals surface area contributed by atoms with Crippen molar-refractivity contribution in [3.05, 3.63) is 58.3 Å². The highest BCUT2D eigenvalue weighted by molar-refractivity contribution is 9.10. The normalized spacial score (nSPS) is 11.3. The van der Waals surface area contributed by atoms with Crippen molar-refractivity contribution in [1.29, 1.82) is 0 Å². The fourth-order valence-electron chi connectivity index (χ4n) is 1.56. The zero-order valence-electron chi connectivity index (χ0n) is 10.0. The van der Waals surface area contributed by atoms with Gasteiger partial charge in [-0.05, 0) is 52.7 Å². The molecular weight excluding hydrogens is 333 g/mol. The fraction of sp³-hybridized carbons (Fsp3) is 0.0769. The molecule has 0 aliphatic heterocycles. The number of hydrogen-bond donors (Lipinski definition) is 1. The fourth-order valence-corrected chi connectivity index (χ4v) is 3.16. The summed E-state index contributed by atoms with van der Waals surface area (Å²) in [6, 6.07) is 10.6. The molecule has 0 saturated heterocycles. The predicted molar refractivity (Wildman–Crippen MR) is 76.1 cm³/mol. The van der Waals surface area contributed by atoms with Crippen molar-refractivity contribution >= 4 is 31.6 Å². The first-order chi connectivity index (χ1) is 8.90. The van der Waals surface area contributed by atoms with E-state index in [0.29, 0.717) is 10.0 Å². The summed E-state index contributed by atoms with van der Waals surface area (Å²) in [5.41, 5.74) is 0.859. The van der Waals surface area contributed by atoms with Gasteiger partial charge in [-0.3, -0.25) is 4.72 Å². The molecule has 0 bridgehead atoms. The van der Waals surface area contributed by atoms with Crippen LogP contribution in [0.3, 0.4) is 0 Å². The van der Waals surface area contributed by atoms with Gasteiger partial charge in [0.2, 0.25) is 0 Å². The van der Waals surface area contributed by atoms with Crippen molar-refractivity contribution in [2.24, 2.45) is 0 Å². The molecule has 19 heavy (non-hydrogen) atoms. The summed E-state index contributed by atoms with van der Waals surface area (Å²) in [5.74, 6) is -0.517. The number of aryl methyl sites for hydroxylation is 1. The van der Waals surface area contributed by atoms with Crippen LogP contribution in [0.15, 0.2) is 51.8 Å². The van der Waals surface area contributed by atoms with Crippen LogP contribution in [0.25, 0.3) is 0 Å².